The largest absolute Gasteiger partial charge is 0.481 e. The van der Waals surface area contributed by atoms with Crippen LogP contribution in [0.4, 0.5) is 0 Å². The molecule has 2 heterocycles. The molecule has 166 valence electrons. The maximum atomic E-state index is 12.3. The number of hydrogen-bond acceptors (Lipinski definition) is 6. The Labute approximate surface area is 173 Å². The zero-order valence-corrected chi connectivity index (χ0v) is 17.7. The highest BCUT2D eigenvalue weighted by Gasteiger charge is 2.28. The summed E-state index contributed by atoms with van der Waals surface area (Å²) >= 11 is 0. The fourth-order valence-electron chi connectivity index (χ4n) is 3.91. The summed E-state index contributed by atoms with van der Waals surface area (Å²) in [5.41, 5.74) is 0. The molecule has 9 heteroatoms. The van der Waals surface area contributed by atoms with Crippen LogP contribution in [0.25, 0.3) is 0 Å². The third-order valence-electron chi connectivity index (χ3n) is 5.70. The van der Waals surface area contributed by atoms with E-state index in [-0.39, 0.29) is 18.2 Å². The van der Waals surface area contributed by atoms with Crippen molar-refractivity contribution in [2.24, 2.45) is 0 Å². The van der Waals surface area contributed by atoms with Gasteiger partial charge >= 0.3 is 5.97 Å². The number of likely N-dealkylation sites (N-methyl/N-ethyl adjacent to an activating group) is 1. The van der Waals surface area contributed by atoms with E-state index in [0.29, 0.717) is 44.9 Å². The Kier molecular flexibility index (Phi) is 10.4. The van der Waals surface area contributed by atoms with Crippen LogP contribution in [0.2, 0.25) is 0 Å². The number of piperazine rings is 1. The number of carboxylic acid groups (broad SMARTS) is 1. The lowest BCUT2D eigenvalue weighted by molar-refractivity contribution is -0.137. The van der Waals surface area contributed by atoms with Crippen LogP contribution in [0.3, 0.4) is 0 Å². The van der Waals surface area contributed by atoms with Gasteiger partial charge in [-0.25, -0.2) is 0 Å². The van der Waals surface area contributed by atoms with Crippen LogP contribution in [0, 0.1) is 0 Å². The third-order valence-corrected chi connectivity index (χ3v) is 5.70. The van der Waals surface area contributed by atoms with Crippen LogP contribution in [-0.4, -0.2) is 110 Å². The molecule has 1 atom stereocenters. The topological polar surface area (TPSA) is 105 Å². The maximum Gasteiger partial charge on any atom is 0.303 e. The van der Waals surface area contributed by atoms with Crippen LogP contribution in [0.1, 0.15) is 38.5 Å². The fourth-order valence-corrected chi connectivity index (χ4v) is 3.91. The molecule has 29 heavy (non-hydrogen) atoms. The first-order valence-corrected chi connectivity index (χ1v) is 10.8. The minimum absolute atomic E-state index is 0.0251. The van der Waals surface area contributed by atoms with Crippen molar-refractivity contribution in [1.29, 1.82) is 0 Å². The number of carbonyl (C=O) groups excluding carboxylic acids is 2. The Balaban J connectivity index is 1.55. The predicted molar refractivity (Wildman–Crippen MR) is 111 cm³/mol. The first-order valence-electron chi connectivity index (χ1n) is 10.8. The highest BCUT2D eigenvalue weighted by atomic mass is 16.5. The molecule has 0 aliphatic carbocycles. The van der Waals surface area contributed by atoms with Gasteiger partial charge < -0.3 is 20.6 Å². The van der Waals surface area contributed by atoms with Crippen molar-refractivity contribution in [2.45, 2.75) is 44.6 Å². The molecule has 0 aromatic rings. The maximum absolute atomic E-state index is 12.3. The zero-order valence-electron chi connectivity index (χ0n) is 17.7. The average Bonchev–Trinajstić information content (AvgIpc) is 3.10. The number of amides is 2. The number of nitrogens with one attached hydrogen (secondary N) is 2. The van der Waals surface area contributed by atoms with Gasteiger partial charge in [-0.2, -0.15) is 0 Å². The van der Waals surface area contributed by atoms with Crippen molar-refractivity contribution in [2.75, 3.05) is 66.0 Å². The number of carbonyl (C=O) groups is 3. The number of rotatable bonds is 12. The summed E-state index contributed by atoms with van der Waals surface area (Å²) in [7, 11) is 2.16. The minimum Gasteiger partial charge on any atom is -0.481 e. The van der Waals surface area contributed by atoms with Crippen LogP contribution in [-0.2, 0) is 14.4 Å². The molecule has 2 aliphatic heterocycles. The van der Waals surface area contributed by atoms with Gasteiger partial charge in [0.25, 0.3) is 0 Å². The molecule has 0 radical (unpaired) electrons. The van der Waals surface area contributed by atoms with Gasteiger partial charge in [0.1, 0.15) is 0 Å². The average molecular weight is 422 g/mol. The molecule has 2 rings (SSSR count). The fraction of sp³-hybridized carbons (Fsp3) is 0.850. The van der Waals surface area contributed by atoms with Gasteiger partial charge in [-0.1, -0.05) is 0 Å². The summed E-state index contributed by atoms with van der Waals surface area (Å²) in [5.74, 6) is -0.931. The summed E-state index contributed by atoms with van der Waals surface area (Å²) < 4.78 is 0. The van der Waals surface area contributed by atoms with E-state index in [2.05, 4.69) is 32.4 Å². The lowest BCUT2D eigenvalue weighted by Crippen LogP contribution is -2.50. The Morgan fingerprint density at radius 3 is 2.28 bits per heavy atom. The van der Waals surface area contributed by atoms with Crippen molar-refractivity contribution in [3.63, 3.8) is 0 Å². The molecule has 1 unspecified atom stereocenters. The molecule has 0 spiro atoms. The predicted octanol–water partition coefficient (Wildman–Crippen LogP) is -0.424. The monoisotopic (exact) mass is 422 g/mol. The Morgan fingerprint density at radius 1 is 0.931 bits per heavy atom. The quantitative estimate of drug-likeness (QED) is 0.223. The summed E-state index contributed by atoms with van der Waals surface area (Å²) in [4.78, 5) is 41.5. The summed E-state index contributed by atoms with van der Waals surface area (Å²) in [6.07, 6.45) is 3.71. The highest BCUT2D eigenvalue weighted by molar-refractivity contribution is 5.78. The van der Waals surface area contributed by atoms with Crippen molar-refractivity contribution < 1.29 is 19.5 Å². The van der Waals surface area contributed by atoms with Gasteiger partial charge in [-0.15, -0.1) is 0 Å². The van der Waals surface area contributed by atoms with Gasteiger partial charge in [-0.3, -0.25) is 24.2 Å². The van der Waals surface area contributed by atoms with Crippen molar-refractivity contribution in [3.8, 4) is 0 Å². The van der Waals surface area contributed by atoms with Crippen LogP contribution < -0.4 is 10.6 Å². The van der Waals surface area contributed by atoms with E-state index >= 15 is 0 Å². The third kappa shape index (κ3) is 9.56. The van der Waals surface area contributed by atoms with E-state index in [1.165, 1.54) is 0 Å². The van der Waals surface area contributed by atoms with E-state index in [0.717, 1.165) is 52.1 Å². The summed E-state index contributed by atoms with van der Waals surface area (Å²) in [6.45, 7) is 7.74. The molecule has 0 aromatic carbocycles. The smallest absolute Gasteiger partial charge is 0.303 e. The van der Waals surface area contributed by atoms with Gasteiger partial charge in [0.05, 0.1) is 6.54 Å². The number of aliphatic carboxylic acids is 1. The van der Waals surface area contributed by atoms with Crippen molar-refractivity contribution in [3.05, 3.63) is 0 Å². The van der Waals surface area contributed by atoms with Gasteiger partial charge in [-0.05, 0) is 39.3 Å². The molecule has 0 bridgehead atoms. The standard InChI is InChI=1S/C20H37N5O4/c1-23-11-13-24(14-12-23)15-17-5-4-10-25(17)16-19(27)22-8-2-6-18(26)21-9-3-7-20(28)29/h17H,2-16H2,1H3,(H,21,26)(H,22,27)(H,28,29)/i2+1,6+1,7+1,8+1,11+1,13+1,15+1,18+1,20+1,22+1,25+1. The minimum atomic E-state index is -0.856. The molecule has 2 amide bonds. The molecule has 2 saturated heterocycles. The molecule has 0 aromatic heterocycles. The van der Waals surface area contributed by atoms with Crippen LogP contribution in [0.15, 0.2) is 0 Å². The molecule has 2 fully saturated rings. The molecule has 2 aliphatic rings. The second-order valence-corrected chi connectivity index (χ2v) is 8.17. The number of carboxylic acids is 1. The molecule has 3 N–H and O–H groups in total. The van der Waals surface area contributed by atoms with Crippen molar-refractivity contribution in [1.82, 2.24) is 25.3 Å². The van der Waals surface area contributed by atoms with E-state index in [1.807, 2.05) is 0 Å². The Hall–Kier alpha value is -1.71. The zero-order chi connectivity index (χ0) is 21.1. The number of likely N-dealkylation sites (tertiary alicyclic amines) is 1. The number of hydrogen-bond donors (Lipinski definition) is 3. The molecular weight excluding hydrogens is 385 g/mol. The Morgan fingerprint density at radius 2 is 1.59 bits per heavy atom. The molecular formula is C20H37N5O4. The van der Waals surface area contributed by atoms with E-state index in [4.69, 9.17) is 5.11 Å². The Bertz CT molecular complexity index is 537. The van der Waals surface area contributed by atoms with E-state index in [1.54, 1.807) is 0 Å². The summed E-state index contributed by atoms with van der Waals surface area (Å²) in [6, 6.07) is 0.459. The van der Waals surface area contributed by atoms with Crippen LogP contribution >= 0.6 is 0 Å². The first-order chi connectivity index (χ1) is 13.9. The van der Waals surface area contributed by atoms with Gasteiger partial charge in [0, 0.05) is 64.7 Å². The van der Waals surface area contributed by atoms with E-state index < -0.39 is 5.97 Å². The lowest BCUT2D eigenvalue weighted by Gasteiger charge is -2.36. The molecule has 0 saturated carbocycles. The SMILES string of the molecule is CN1CCN([13CH2]C2CCC[15N]2CC(=O)[15NH][13CH2][13CH2][13CH2][13C](=O)NCC[13CH2][13C](=O)O)[13CH2][13CH2]1. The second-order valence-electron chi connectivity index (χ2n) is 8.17. The second kappa shape index (κ2) is 12.8. The molecule has 9 nitrogen and oxygen atoms in total. The lowest BCUT2D eigenvalue weighted by atomic mass is 10.3. The number of nitrogens with zero attached hydrogens (tertiary/aromatic N) is 3. The first kappa shape index (κ1) is 23.6. The van der Waals surface area contributed by atoms with E-state index in [9.17, 15) is 14.4 Å². The van der Waals surface area contributed by atoms with Crippen molar-refractivity contribution >= 4 is 17.8 Å². The summed E-state index contributed by atoms with van der Waals surface area (Å²) in [5, 5.41) is 14.2. The highest BCUT2D eigenvalue weighted by Crippen LogP contribution is 2.18. The van der Waals surface area contributed by atoms with Gasteiger partial charge in [0.15, 0.2) is 0 Å². The normalized spacial score (nSPS) is 21.2. The van der Waals surface area contributed by atoms with Crippen LogP contribution in [0.5, 0.6) is 0 Å². The van der Waals surface area contributed by atoms with Gasteiger partial charge in [0.2, 0.25) is 11.8 Å².